The minimum absolute atomic E-state index is 0.547. The molecule has 1 saturated heterocycles. The van der Waals surface area contributed by atoms with E-state index in [0.717, 1.165) is 26.2 Å². The molecule has 14 heavy (non-hydrogen) atoms. The van der Waals surface area contributed by atoms with Crippen LogP contribution < -0.4 is 0 Å². The summed E-state index contributed by atoms with van der Waals surface area (Å²) in [5, 5.41) is 0. The van der Waals surface area contributed by atoms with Gasteiger partial charge in [-0.25, -0.2) is 0 Å². The van der Waals surface area contributed by atoms with Gasteiger partial charge in [-0.1, -0.05) is 30.3 Å². The highest BCUT2D eigenvalue weighted by molar-refractivity contribution is 5.16. The quantitative estimate of drug-likeness (QED) is 0.703. The number of benzene rings is 1. The molecule has 0 aliphatic carbocycles. The van der Waals surface area contributed by atoms with E-state index in [1.54, 1.807) is 0 Å². The molecule has 1 aliphatic heterocycles. The molecule has 0 amide bonds. The number of hydrogen-bond acceptors (Lipinski definition) is 2. The number of ether oxygens (including phenoxy) is 1. The predicted molar refractivity (Wildman–Crippen MR) is 57.4 cm³/mol. The molecule has 76 valence electrons. The van der Waals surface area contributed by atoms with Crippen molar-refractivity contribution in [1.29, 1.82) is 0 Å². The van der Waals surface area contributed by atoms with E-state index in [-0.39, 0.29) is 0 Å². The number of likely N-dealkylation sites (N-methyl/N-ethyl adjacent to an activating group) is 1. The van der Waals surface area contributed by atoms with Gasteiger partial charge in [-0.15, -0.1) is 0 Å². The molecule has 0 saturated carbocycles. The van der Waals surface area contributed by atoms with Crippen molar-refractivity contribution in [3.8, 4) is 0 Å². The van der Waals surface area contributed by atoms with Gasteiger partial charge in [0, 0.05) is 12.6 Å². The van der Waals surface area contributed by atoms with Gasteiger partial charge >= 0.3 is 0 Å². The summed E-state index contributed by atoms with van der Waals surface area (Å²) in [6.07, 6.45) is 1.09. The lowest BCUT2D eigenvalue weighted by Gasteiger charge is -2.32. The molecule has 1 heterocycles. The Hall–Kier alpha value is -0.860. The summed E-state index contributed by atoms with van der Waals surface area (Å²) in [6, 6.07) is 11.2. The van der Waals surface area contributed by atoms with Gasteiger partial charge in [-0.2, -0.15) is 0 Å². The lowest BCUT2D eigenvalue weighted by Crippen LogP contribution is -2.43. The van der Waals surface area contributed by atoms with Gasteiger partial charge in [-0.3, -0.25) is 4.90 Å². The van der Waals surface area contributed by atoms with Crippen molar-refractivity contribution in [3.05, 3.63) is 35.9 Å². The average molecular weight is 191 g/mol. The van der Waals surface area contributed by atoms with Gasteiger partial charge in [0.15, 0.2) is 0 Å². The summed E-state index contributed by atoms with van der Waals surface area (Å²) in [4.78, 5) is 2.39. The molecule has 0 spiro atoms. The highest BCUT2D eigenvalue weighted by atomic mass is 16.5. The Morgan fingerprint density at radius 3 is 2.86 bits per heavy atom. The minimum atomic E-state index is 0.547. The van der Waals surface area contributed by atoms with Crippen LogP contribution in [0, 0.1) is 0 Å². The van der Waals surface area contributed by atoms with Crippen molar-refractivity contribution in [3.63, 3.8) is 0 Å². The molecule has 0 bridgehead atoms. The molecule has 1 unspecified atom stereocenters. The zero-order valence-corrected chi connectivity index (χ0v) is 8.65. The molecule has 1 aromatic rings. The molecule has 2 heteroatoms. The summed E-state index contributed by atoms with van der Waals surface area (Å²) < 4.78 is 5.48. The molecule has 0 radical (unpaired) electrons. The molecule has 2 rings (SSSR count). The third-order valence-electron chi connectivity index (χ3n) is 2.84. The standard InChI is InChI=1S/C12H17NO/c1-13-7-8-14-10-12(13)9-11-5-3-2-4-6-11/h2-6,12H,7-10H2,1H3. The first kappa shape index (κ1) is 9.69. The molecule has 2 nitrogen and oxygen atoms in total. The summed E-state index contributed by atoms with van der Waals surface area (Å²) in [5.41, 5.74) is 1.40. The molecule has 1 fully saturated rings. The summed E-state index contributed by atoms with van der Waals surface area (Å²) in [7, 11) is 2.18. The smallest absolute Gasteiger partial charge is 0.0625 e. The van der Waals surface area contributed by atoms with Crippen LogP contribution >= 0.6 is 0 Å². The van der Waals surface area contributed by atoms with Crippen molar-refractivity contribution in [2.24, 2.45) is 0 Å². The molecular weight excluding hydrogens is 174 g/mol. The molecule has 0 aromatic heterocycles. The maximum Gasteiger partial charge on any atom is 0.0625 e. The summed E-state index contributed by atoms with van der Waals surface area (Å²) >= 11 is 0. The topological polar surface area (TPSA) is 12.5 Å². The van der Waals surface area contributed by atoms with E-state index in [9.17, 15) is 0 Å². The third-order valence-corrected chi connectivity index (χ3v) is 2.84. The van der Waals surface area contributed by atoms with Gasteiger partial charge < -0.3 is 4.74 Å². The van der Waals surface area contributed by atoms with E-state index in [1.165, 1.54) is 5.56 Å². The van der Waals surface area contributed by atoms with Crippen molar-refractivity contribution in [2.45, 2.75) is 12.5 Å². The number of morpholine rings is 1. The minimum Gasteiger partial charge on any atom is -0.378 e. The van der Waals surface area contributed by atoms with E-state index in [0.29, 0.717) is 6.04 Å². The van der Waals surface area contributed by atoms with Crippen LogP contribution in [0.4, 0.5) is 0 Å². The molecule has 1 aromatic carbocycles. The molecular formula is C12H17NO. The first-order chi connectivity index (χ1) is 6.86. The van der Waals surface area contributed by atoms with Gasteiger partial charge in [0.05, 0.1) is 13.2 Å². The highest BCUT2D eigenvalue weighted by Crippen LogP contribution is 2.10. The highest BCUT2D eigenvalue weighted by Gasteiger charge is 2.19. The molecule has 1 atom stereocenters. The fraction of sp³-hybridized carbons (Fsp3) is 0.500. The Bertz CT molecular complexity index is 273. The van der Waals surface area contributed by atoms with Crippen LogP contribution in [-0.2, 0) is 11.2 Å². The fourth-order valence-electron chi connectivity index (χ4n) is 1.84. The lowest BCUT2D eigenvalue weighted by atomic mass is 10.1. The lowest BCUT2D eigenvalue weighted by molar-refractivity contribution is 0.00624. The van der Waals surface area contributed by atoms with Crippen LogP contribution in [0.25, 0.3) is 0 Å². The maximum atomic E-state index is 5.48. The second-order valence-corrected chi connectivity index (χ2v) is 3.90. The Morgan fingerprint density at radius 1 is 1.36 bits per heavy atom. The zero-order valence-electron chi connectivity index (χ0n) is 8.65. The van der Waals surface area contributed by atoms with Gasteiger partial charge in [0.2, 0.25) is 0 Å². The Labute approximate surface area is 85.5 Å². The normalized spacial score (nSPS) is 23.6. The van der Waals surface area contributed by atoms with Crippen LogP contribution in [0.15, 0.2) is 30.3 Å². The van der Waals surface area contributed by atoms with Crippen LogP contribution in [0.5, 0.6) is 0 Å². The Kier molecular flexibility index (Phi) is 3.17. The fourth-order valence-corrected chi connectivity index (χ4v) is 1.84. The van der Waals surface area contributed by atoms with Crippen LogP contribution in [0.3, 0.4) is 0 Å². The van der Waals surface area contributed by atoms with Crippen molar-refractivity contribution >= 4 is 0 Å². The first-order valence-corrected chi connectivity index (χ1v) is 5.18. The molecule has 1 aliphatic rings. The second kappa shape index (κ2) is 4.58. The van der Waals surface area contributed by atoms with Gasteiger partial charge in [-0.05, 0) is 19.0 Å². The van der Waals surface area contributed by atoms with Gasteiger partial charge in [0.1, 0.15) is 0 Å². The summed E-state index contributed by atoms with van der Waals surface area (Å²) in [6.45, 7) is 2.80. The van der Waals surface area contributed by atoms with E-state index >= 15 is 0 Å². The van der Waals surface area contributed by atoms with Crippen molar-refractivity contribution in [1.82, 2.24) is 4.90 Å². The van der Waals surface area contributed by atoms with E-state index in [1.807, 2.05) is 0 Å². The Morgan fingerprint density at radius 2 is 2.14 bits per heavy atom. The second-order valence-electron chi connectivity index (χ2n) is 3.90. The van der Waals surface area contributed by atoms with E-state index < -0.39 is 0 Å². The first-order valence-electron chi connectivity index (χ1n) is 5.18. The predicted octanol–water partition coefficient (Wildman–Crippen LogP) is 1.56. The number of hydrogen-bond donors (Lipinski definition) is 0. The SMILES string of the molecule is CN1CCOCC1Cc1ccccc1. The van der Waals surface area contributed by atoms with Crippen LogP contribution in [0.1, 0.15) is 5.56 Å². The zero-order chi connectivity index (χ0) is 9.80. The summed E-state index contributed by atoms with van der Waals surface area (Å²) in [5.74, 6) is 0. The average Bonchev–Trinajstić information content (AvgIpc) is 2.23. The van der Waals surface area contributed by atoms with Crippen molar-refractivity contribution in [2.75, 3.05) is 26.8 Å². The van der Waals surface area contributed by atoms with E-state index in [4.69, 9.17) is 4.74 Å². The van der Waals surface area contributed by atoms with Crippen LogP contribution in [-0.4, -0.2) is 37.7 Å². The van der Waals surface area contributed by atoms with Crippen molar-refractivity contribution < 1.29 is 4.74 Å². The van der Waals surface area contributed by atoms with Crippen LogP contribution in [0.2, 0.25) is 0 Å². The largest absolute Gasteiger partial charge is 0.378 e. The molecule has 0 N–H and O–H groups in total. The maximum absolute atomic E-state index is 5.48. The number of rotatable bonds is 2. The van der Waals surface area contributed by atoms with E-state index in [2.05, 4.69) is 42.3 Å². The van der Waals surface area contributed by atoms with Gasteiger partial charge in [0.25, 0.3) is 0 Å². The third kappa shape index (κ3) is 2.34. The number of nitrogens with zero attached hydrogens (tertiary/aromatic N) is 1. The monoisotopic (exact) mass is 191 g/mol. The Balaban J connectivity index is 1.96.